The Morgan fingerprint density at radius 1 is 1.36 bits per heavy atom. The molecular weight excluding hydrogens is 428 g/mol. The summed E-state index contributed by atoms with van der Waals surface area (Å²) in [7, 11) is 0. The number of amides is 1. The number of nitrogens with two attached hydrogens (primary N) is 1. The zero-order valence-corrected chi connectivity index (χ0v) is 18.8. The smallest absolute Gasteiger partial charge is 0.292 e. The Labute approximate surface area is 190 Å². The van der Waals surface area contributed by atoms with Crippen LogP contribution in [0.25, 0.3) is 0 Å². The van der Waals surface area contributed by atoms with Gasteiger partial charge in [-0.3, -0.25) is 4.79 Å². The van der Waals surface area contributed by atoms with E-state index in [1.165, 1.54) is 18.4 Å². The lowest BCUT2D eigenvalue weighted by molar-refractivity contribution is 0.0623. The predicted octanol–water partition coefficient (Wildman–Crippen LogP) is 4.45. The van der Waals surface area contributed by atoms with Gasteiger partial charge in [0.25, 0.3) is 11.9 Å². The van der Waals surface area contributed by atoms with Crippen molar-refractivity contribution in [3.63, 3.8) is 0 Å². The van der Waals surface area contributed by atoms with Crippen LogP contribution >= 0.6 is 0 Å². The molecule has 2 saturated carbocycles. The molecule has 174 valence electrons. The summed E-state index contributed by atoms with van der Waals surface area (Å²) in [6.45, 7) is 6.65. The maximum absolute atomic E-state index is 14.2. The van der Waals surface area contributed by atoms with Crippen molar-refractivity contribution in [3.8, 4) is 0 Å². The van der Waals surface area contributed by atoms with Crippen molar-refractivity contribution in [3.05, 3.63) is 59.0 Å². The molecule has 7 nitrogen and oxygen atoms in total. The highest BCUT2D eigenvalue weighted by molar-refractivity contribution is 6.15. The van der Waals surface area contributed by atoms with Crippen molar-refractivity contribution in [2.24, 2.45) is 16.7 Å². The van der Waals surface area contributed by atoms with Crippen LogP contribution in [0.1, 0.15) is 49.7 Å². The average molecular weight is 456 g/mol. The minimum atomic E-state index is -0.810. The van der Waals surface area contributed by atoms with E-state index in [4.69, 9.17) is 21.0 Å². The summed E-state index contributed by atoms with van der Waals surface area (Å²) in [5, 5.41) is 17.4. The van der Waals surface area contributed by atoms with Crippen molar-refractivity contribution >= 4 is 23.3 Å². The molecule has 2 aliphatic rings. The molecule has 2 aliphatic carbocycles. The van der Waals surface area contributed by atoms with Crippen molar-refractivity contribution < 1.29 is 18.0 Å². The number of hydrogen-bond acceptors (Lipinski definition) is 6. The van der Waals surface area contributed by atoms with E-state index < -0.39 is 22.6 Å². The van der Waals surface area contributed by atoms with Gasteiger partial charge in [0.15, 0.2) is 5.69 Å². The highest BCUT2D eigenvalue weighted by atomic mass is 19.1. The Morgan fingerprint density at radius 3 is 2.61 bits per heavy atom. The van der Waals surface area contributed by atoms with Crippen LogP contribution in [0.5, 0.6) is 0 Å². The van der Waals surface area contributed by atoms with Crippen molar-refractivity contribution in [2.45, 2.75) is 33.6 Å². The number of aromatic nitrogens is 1. The summed E-state index contributed by atoms with van der Waals surface area (Å²) in [5.74, 6) is -2.01. The first-order valence-corrected chi connectivity index (χ1v) is 10.9. The molecule has 9 heteroatoms. The molecule has 1 aromatic carbocycles. The second-order valence-corrected chi connectivity index (χ2v) is 9.27. The lowest BCUT2D eigenvalue weighted by Crippen LogP contribution is -2.48. The number of nitrogen functional groups attached to an aromatic ring is 1. The van der Waals surface area contributed by atoms with Crippen LogP contribution in [0.3, 0.4) is 0 Å². The van der Waals surface area contributed by atoms with Gasteiger partial charge in [-0.2, -0.15) is 4.98 Å². The first-order valence-electron chi connectivity index (χ1n) is 10.9. The number of nitrogens with one attached hydrogen (secondary N) is 2. The molecule has 0 unspecified atom stereocenters. The van der Waals surface area contributed by atoms with Gasteiger partial charge in [-0.1, -0.05) is 19.9 Å². The number of nitrogens with zero attached hydrogens (tertiary/aromatic N) is 2. The summed E-state index contributed by atoms with van der Waals surface area (Å²) >= 11 is 0. The average Bonchev–Trinajstić information content (AvgIpc) is 3.34. The minimum Gasteiger partial charge on any atom is -0.431 e. The number of rotatable bonds is 6. The predicted molar refractivity (Wildman–Crippen MR) is 120 cm³/mol. The zero-order valence-electron chi connectivity index (χ0n) is 18.8. The van der Waals surface area contributed by atoms with Gasteiger partial charge in [0.05, 0.1) is 11.3 Å². The number of carbonyl (C=O) groups is 1. The largest absolute Gasteiger partial charge is 0.431 e. The number of allylic oxidation sites excluding steroid dienone is 2. The normalized spacial score (nSPS) is 24.5. The monoisotopic (exact) mass is 455 g/mol. The van der Waals surface area contributed by atoms with Gasteiger partial charge in [0.1, 0.15) is 17.9 Å². The summed E-state index contributed by atoms with van der Waals surface area (Å²) < 4.78 is 33.4. The molecule has 0 radical (unpaired) electrons. The molecule has 1 amide bonds. The van der Waals surface area contributed by atoms with E-state index in [1.807, 2.05) is 6.92 Å². The van der Waals surface area contributed by atoms with E-state index in [2.05, 4.69) is 18.8 Å². The fraction of sp³-hybridized carbons (Fsp3) is 0.417. The molecule has 2 fully saturated rings. The molecule has 4 rings (SSSR count). The quantitative estimate of drug-likeness (QED) is 0.558. The maximum atomic E-state index is 14.2. The highest BCUT2D eigenvalue weighted by Crippen LogP contribution is 2.66. The van der Waals surface area contributed by atoms with E-state index >= 15 is 0 Å². The number of halogens is 2. The highest BCUT2D eigenvalue weighted by Gasteiger charge is 2.65. The van der Waals surface area contributed by atoms with Gasteiger partial charge in [-0.25, -0.2) is 8.78 Å². The standard InChI is InChI=1S/C24H27F2N5O2/c1-4-31(21(32)18-11-33-22(29)30-18)12-24-9-8-14(23(24,2)3)13(20(24)28)10-17(27)19-15(25)6-5-7-16(19)26/h5-7,10-11,14,27-28H,4,8-9,12H2,1-3H3,(H2,29,30)/b13-10-,27-17?,28-20?/t14-,24-/m0/s1. The molecule has 1 aromatic heterocycles. The Kier molecular flexibility index (Phi) is 5.46. The maximum Gasteiger partial charge on any atom is 0.292 e. The van der Waals surface area contributed by atoms with E-state index in [9.17, 15) is 13.6 Å². The summed E-state index contributed by atoms with van der Waals surface area (Å²) in [5.41, 5.74) is 4.80. The van der Waals surface area contributed by atoms with Crippen molar-refractivity contribution in [2.75, 3.05) is 18.8 Å². The molecule has 4 N–H and O–H groups in total. The van der Waals surface area contributed by atoms with Crippen LogP contribution in [-0.4, -0.2) is 40.3 Å². The molecule has 0 aliphatic heterocycles. The second kappa shape index (κ2) is 7.90. The van der Waals surface area contributed by atoms with Gasteiger partial charge < -0.3 is 25.9 Å². The number of fused-ring (bicyclic) bond motifs is 2. The molecule has 1 heterocycles. The molecular formula is C24H27F2N5O2. The third-order valence-electron chi connectivity index (χ3n) is 7.51. The topological polar surface area (TPSA) is 120 Å². The Balaban J connectivity index is 1.68. The van der Waals surface area contributed by atoms with Gasteiger partial charge in [0, 0.05) is 24.2 Å². The van der Waals surface area contributed by atoms with E-state index in [1.54, 1.807) is 4.90 Å². The summed E-state index contributed by atoms with van der Waals surface area (Å²) in [6.07, 6.45) is 4.10. The molecule has 33 heavy (non-hydrogen) atoms. The summed E-state index contributed by atoms with van der Waals surface area (Å²) in [4.78, 5) is 18.6. The molecule has 0 spiro atoms. The van der Waals surface area contributed by atoms with Crippen LogP contribution in [0.15, 0.2) is 40.5 Å². The number of oxazole rings is 1. The molecule has 2 atom stereocenters. The van der Waals surface area contributed by atoms with E-state index in [-0.39, 0.29) is 41.2 Å². The lowest BCUT2D eigenvalue weighted by Gasteiger charge is -2.41. The van der Waals surface area contributed by atoms with Gasteiger partial charge >= 0.3 is 0 Å². The Bertz CT molecular complexity index is 1170. The third-order valence-corrected chi connectivity index (χ3v) is 7.51. The number of carbonyl (C=O) groups excluding carboxylic acids is 1. The van der Waals surface area contributed by atoms with Crippen LogP contribution in [0.4, 0.5) is 14.8 Å². The van der Waals surface area contributed by atoms with Crippen molar-refractivity contribution in [1.82, 2.24) is 9.88 Å². The molecule has 2 aromatic rings. The van der Waals surface area contributed by atoms with Gasteiger partial charge in [0.2, 0.25) is 0 Å². The van der Waals surface area contributed by atoms with E-state index in [0.29, 0.717) is 24.3 Å². The fourth-order valence-corrected chi connectivity index (χ4v) is 5.57. The Hall–Kier alpha value is -3.36. The lowest BCUT2D eigenvalue weighted by atomic mass is 9.68. The third kappa shape index (κ3) is 3.37. The zero-order chi connectivity index (χ0) is 24.1. The van der Waals surface area contributed by atoms with Crippen LogP contribution in [0.2, 0.25) is 0 Å². The van der Waals surface area contributed by atoms with E-state index in [0.717, 1.165) is 18.6 Å². The minimum absolute atomic E-state index is 0.0586. The summed E-state index contributed by atoms with van der Waals surface area (Å²) in [6, 6.07) is 3.39. The van der Waals surface area contributed by atoms with Crippen LogP contribution < -0.4 is 5.73 Å². The number of hydrogen-bond donors (Lipinski definition) is 3. The number of anilines is 1. The fourth-order valence-electron chi connectivity index (χ4n) is 5.57. The Morgan fingerprint density at radius 2 is 2.03 bits per heavy atom. The first-order chi connectivity index (χ1) is 15.5. The van der Waals surface area contributed by atoms with Gasteiger partial charge in [-0.05, 0) is 54.9 Å². The second-order valence-electron chi connectivity index (χ2n) is 9.27. The van der Waals surface area contributed by atoms with Crippen LogP contribution in [0, 0.1) is 39.2 Å². The molecule has 0 saturated heterocycles. The number of benzene rings is 1. The van der Waals surface area contributed by atoms with Crippen molar-refractivity contribution in [1.29, 1.82) is 10.8 Å². The van der Waals surface area contributed by atoms with Crippen LogP contribution in [-0.2, 0) is 0 Å². The SMILES string of the molecule is CCN(C[C@@]12CC[C@@H](/C(=C/C(=N)c3c(F)cccc3F)C1=N)C2(C)C)C(=O)c1coc(N)n1. The first kappa shape index (κ1) is 22.8. The van der Waals surface area contributed by atoms with Gasteiger partial charge in [-0.15, -0.1) is 0 Å². The molecule has 2 bridgehead atoms.